The third-order valence-electron chi connectivity index (χ3n) is 4.71. The molecule has 1 aromatic rings. The van der Waals surface area contributed by atoms with Gasteiger partial charge in [-0.25, -0.2) is 4.79 Å². The van der Waals surface area contributed by atoms with E-state index in [1.54, 1.807) is 31.4 Å². The van der Waals surface area contributed by atoms with Crippen LogP contribution in [0.2, 0.25) is 0 Å². The maximum absolute atomic E-state index is 12.1. The number of anilines is 1. The van der Waals surface area contributed by atoms with Crippen molar-refractivity contribution < 1.29 is 33.6 Å². The van der Waals surface area contributed by atoms with E-state index in [0.29, 0.717) is 56.9 Å². The van der Waals surface area contributed by atoms with E-state index in [-0.39, 0.29) is 18.3 Å². The largest absolute Gasteiger partial charge is 0.370 e. The van der Waals surface area contributed by atoms with Crippen LogP contribution >= 0.6 is 0 Å². The minimum Gasteiger partial charge on any atom is -0.370 e. The third kappa shape index (κ3) is 9.17. The van der Waals surface area contributed by atoms with Crippen molar-refractivity contribution in [3.63, 3.8) is 0 Å². The summed E-state index contributed by atoms with van der Waals surface area (Å²) in [6.45, 7) is 1.43. The maximum atomic E-state index is 12.1. The molecule has 31 heavy (non-hydrogen) atoms. The second-order valence-corrected chi connectivity index (χ2v) is 7.12. The summed E-state index contributed by atoms with van der Waals surface area (Å²) in [6, 6.07) is 5.31. The van der Waals surface area contributed by atoms with Gasteiger partial charge in [-0.2, -0.15) is 0 Å². The van der Waals surface area contributed by atoms with Crippen molar-refractivity contribution in [1.82, 2.24) is 5.32 Å². The molecule has 1 heterocycles. The molecule has 4 atom stereocenters. The summed E-state index contributed by atoms with van der Waals surface area (Å²) in [5.41, 5.74) is 11.9. The molecular weight excluding hydrogens is 408 g/mol. The van der Waals surface area contributed by atoms with E-state index >= 15 is 0 Å². The fourth-order valence-corrected chi connectivity index (χ4v) is 2.87. The number of aliphatic hydroxyl groups is 1. The Morgan fingerprint density at radius 1 is 1.26 bits per heavy atom. The van der Waals surface area contributed by atoms with Crippen LogP contribution in [-0.2, 0) is 23.7 Å². The van der Waals surface area contributed by atoms with Gasteiger partial charge in [-0.3, -0.25) is 4.79 Å². The van der Waals surface area contributed by atoms with Gasteiger partial charge in [0, 0.05) is 24.9 Å². The van der Waals surface area contributed by atoms with E-state index in [0.717, 1.165) is 0 Å². The molecule has 0 aromatic heterocycles. The monoisotopic (exact) mass is 440 g/mol. The highest BCUT2D eigenvalue weighted by molar-refractivity contribution is 5.94. The van der Waals surface area contributed by atoms with Gasteiger partial charge in [-0.15, -0.1) is 0 Å². The molecule has 1 saturated heterocycles. The number of amides is 3. The lowest BCUT2D eigenvalue weighted by Gasteiger charge is -2.28. The van der Waals surface area contributed by atoms with Crippen LogP contribution in [0.1, 0.15) is 31.1 Å². The Bertz CT molecular complexity index is 681. The van der Waals surface area contributed by atoms with Gasteiger partial charge >= 0.3 is 6.03 Å². The molecule has 1 fully saturated rings. The molecule has 1 unspecified atom stereocenters. The number of benzene rings is 1. The fourth-order valence-electron chi connectivity index (χ4n) is 2.87. The number of nitrogens with one attached hydrogen (secondary N) is 2. The molecule has 7 N–H and O–H groups in total. The summed E-state index contributed by atoms with van der Waals surface area (Å²) < 4.78 is 21.6. The van der Waals surface area contributed by atoms with Crippen molar-refractivity contribution in [2.45, 2.75) is 44.0 Å². The van der Waals surface area contributed by atoms with Gasteiger partial charge in [0.1, 0.15) is 0 Å². The lowest BCUT2D eigenvalue weighted by Crippen LogP contribution is -2.37. The van der Waals surface area contributed by atoms with Gasteiger partial charge < -0.3 is 46.2 Å². The first-order valence-electron chi connectivity index (χ1n) is 10.1. The van der Waals surface area contributed by atoms with Gasteiger partial charge in [-0.05, 0) is 31.4 Å². The number of primary amides is 1. The molecule has 11 nitrogen and oxygen atoms in total. The summed E-state index contributed by atoms with van der Waals surface area (Å²) in [4.78, 5) is 22.7. The zero-order chi connectivity index (χ0) is 22.6. The number of nitrogens with two attached hydrogens (primary N) is 2. The predicted octanol–water partition coefficient (Wildman–Crippen LogP) is 0.186. The Morgan fingerprint density at radius 3 is 2.61 bits per heavy atom. The van der Waals surface area contributed by atoms with Gasteiger partial charge in [0.15, 0.2) is 12.6 Å². The summed E-state index contributed by atoms with van der Waals surface area (Å²) >= 11 is 0. The van der Waals surface area contributed by atoms with E-state index < -0.39 is 18.4 Å². The van der Waals surface area contributed by atoms with E-state index in [2.05, 4.69) is 10.6 Å². The summed E-state index contributed by atoms with van der Waals surface area (Å²) in [5.74, 6) is -0.339. The Labute approximate surface area is 181 Å². The van der Waals surface area contributed by atoms with Crippen LogP contribution in [0.4, 0.5) is 10.5 Å². The molecule has 11 heteroatoms. The van der Waals surface area contributed by atoms with Crippen molar-refractivity contribution in [2.75, 3.05) is 38.8 Å². The minimum atomic E-state index is -1.10. The zero-order valence-electron chi connectivity index (χ0n) is 17.6. The number of hydrogen-bond acceptors (Lipinski definition) is 8. The van der Waals surface area contributed by atoms with Crippen molar-refractivity contribution in [1.29, 1.82) is 0 Å². The normalized spacial score (nSPS) is 20.6. The molecule has 1 aromatic carbocycles. The van der Waals surface area contributed by atoms with E-state index in [1.165, 1.54) is 0 Å². The standard InChI is InChI=1S/C20H32N4O7/c1-28-17-12-30-15(11-31-17)8-10-29-19(26)13-4-6-14(7-5-13)24-18(25)16(21)3-2-9-23-20(22)27/h4-7,15-17,19,26H,2-3,8-12,21H2,1H3,(H,24,25)(H3,22,23,27)/t15-,16-,17+,19?/m0/s1. The van der Waals surface area contributed by atoms with Crippen LogP contribution in [0.5, 0.6) is 0 Å². The molecular formula is C20H32N4O7. The number of ether oxygens (including phenoxy) is 4. The number of rotatable bonds is 12. The fraction of sp³-hybridized carbons (Fsp3) is 0.600. The summed E-state index contributed by atoms with van der Waals surface area (Å²) in [7, 11) is 1.56. The SMILES string of the molecule is CO[C@H]1CO[C@@H](CCOC(O)c2ccc(NC(=O)[C@@H](N)CCCNC(N)=O)cc2)CO1. The number of carbonyl (C=O) groups excluding carboxylic acids is 2. The van der Waals surface area contributed by atoms with Crippen LogP contribution in [0, 0.1) is 0 Å². The highest BCUT2D eigenvalue weighted by atomic mass is 16.7. The lowest BCUT2D eigenvalue weighted by atomic mass is 10.1. The number of carbonyl (C=O) groups is 2. The van der Waals surface area contributed by atoms with Crippen molar-refractivity contribution in [3.05, 3.63) is 29.8 Å². The molecule has 0 saturated carbocycles. The first kappa shape index (κ1) is 25.0. The molecule has 0 bridgehead atoms. The molecule has 174 valence electrons. The van der Waals surface area contributed by atoms with Crippen LogP contribution in [-0.4, -0.2) is 69.0 Å². The molecule has 2 rings (SSSR count). The quantitative estimate of drug-likeness (QED) is 0.227. The number of aliphatic hydroxyl groups excluding tert-OH is 1. The molecule has 1 aliphatic rings. The Morgan fingerprint density at radius 2 is 2.00 bits per heavy atom. The van der Waals surface area contributed by atoms with E-state index in [1.807, 2.05) is 0 Å². The first-order chi connectivity index (χ1) is 14.9. The van der Waals surface area contributed by atoms with E-state index in [4.69, 9.17) is 30.4 Å². The summed E-state index contributed by atoms with van der Waals surface area (Å²) in [6.07, 6.45) is -0.0268. The van der Waals surface area contributed by atoms with Crippen LogP contribution in [0.25, 0.3) is 0 Å². The summed E-state index contributed by atoms with van der Waals surface area (Å²) in [5, 5.41) is 15.3. The van der Waals surface area contributed by atoms with Gasteiger partial charge in [0.05, 0.1) is 32.0 Å². The number of hydrogen-bond donors (Lipinski definition) is 5. The van der Waals surface area contributed by atoms with Crippen LogP contribution in [0.15, 0.2) is 24.3 Å². The zero-order valence-corrected chi connectivity index (χ0v) is 17.6. The van der Waals surface area contributed by atoms with Gasteiger partial charge in [0.25, 0.3) is 0 Å². The first-order valence-corrected chi connectivity index (χ1v) is 10.1. The molecule has 0 aliphatic carbocycles. The number of methoxy groups -OCH3 is 1. The highest BCUT2D eigenvalue weighted by Gasteiger charge is 2.22. The number of urea groups is 1. The van der Waals surface area contributed by atoms with Gasteiger partial charge in [0.2, 0.25) is 5.91 Å². The molecule has 1 aliphatic heterocycles. The molecule has 0 spiro atoms. The maximum Gasteiger partial charge on any atom is 0.312 e. The minimum absolute atomic E-state index is 0.105. The Hall–Kier alpha value is -2.28. The average molecular weight is 440 g/mol. The molecule has 3 amide bonds. The molecule has 0 radical (unpaired) electrons. The smallest absolute Gasteiger partial charge is 0.312 e. The topological polar surface area (TPSA) is 167 Å². The Kier molecular flexibility index (Phi) is 10.6. The van der Waals surface area contributed by atoms with Crippen molar-refractivity contribution >= 4 is 17.6 Å². The van der Waals surface area contributed by atoms with E-state index in [9.17, 15) is 14.7 Å². The lowest BCUT2D eigenvalue weighted by molar-refractivity contribution is -0.228. The second-order valence-electron chi connectivity index (χ2n) is 7.12. The Balaban J connectivity index is 1.68. The van der Waals surface area contributed by atoms with Gasteiger partial charge in [-0.1, -0.05) is 12.1 Å². The second kappa shape index (κ2) is 13.2. The van der Waals surface area contributed by atoms with Crippen molar-refractivity contribution in [3.8, 4) is 0 Å². The predicted molar refractivity (Wildman–Crippen MR) is 112 cm³/mol. The van der Waals surface area contributed by atoms with Crippen molar-refractivity contribution in [2.24, 2.45) is 11.5 Å². The van der Waals surface area contributed by atoms with Crippen LogP contribution < -0.4 is 22.1 Å². The van der Waals surface area contributed by atoms with Crippen LogP contribution in [0.3, 0.4) is 0 Å². The highest BCUT2D eigenvalue weighted by Crippen LogP contribution is 2.19. The third-order valence-corrected chi connectivity index (χ3v) is 4.71. The average Bonchev–Trinajstić information content (AvgIpc) is 2.77.